The van der Waals surface area contributed by atoms with Gasteiger partial charge in [-0.1, -0.05) is 44.2 Å². The van der Waals surface area contributed by atoms with Crippen LogP contribution in [0.4, 0.5) is 0 Å². The van der Waals surface area contributed by atoms with Crippen LogP contribution in [0.15, 0.2) is 48.5 Å². The molecule has 2 rings (SSSR count). The number of ether oxygens (including phenoxy) is 2. The summed E-state index contributed by atoms with van der Waals surface area (Å²) in [5.74, 6) is 1.64. The van der Waals surface area contributed by atoms with Crippen molar-refractivity contribution < 1.29 is 19.1 Å². The van der Waals surface area contributed by atoms with Gasteiger partial charge in [-0.2, -0.15) is 0 Å². The van der Waals surface area contributed by atoms with Crippen LogP contribution in [-0.4, -0.2) is 30.8 Å². The molecule has 0 aliphatic heterocycles. The molecule has 6 nitrogen and oxygen atoms in total. The number of carbonyl (C=O) groups excluding carboxylic acids is 2. The maximum absolute atomic E-state index is 12.4. The molecule has 0 aliphatic carbocycles. The predicted octanol–water partition coefficient (Wildman–Crippen LogP) is 4.20. The summed E-state index contributed by atoms with van der Waals surface area (Å²) in [6, 6.07) is 14.9. The number of methoxy groups -OCH3 is 1. The highest BCUT2D eigenvalue weighted by Crippen LogP contribution is 2.28. The summed E-state index contributed by atoms with van der Waals surface area (Å²) in [6.45, 7) is 6.64. The van der Waals surface area contributed by atoms with E-state index in [9.17, 15) is 9.59 Å². The highest BCUT2D eigenvalue weighted by Gasteiger charge is 2.16. The van der Waals surface area contributed by atoms with Crippen LogP contribution >= 0.6 is 11.8 Å². The molecule has 2 aromatic rings. The normalized spacial score (nSPS) is 11.6. The summed E-state index contributed by atoms with van der Waals surface area (Å²) in [5.41, 5.74) is 6.46. The monoisotopic (exact) mass is 430 g/mol. The lowest BCUT2D eigenvalue weighted by Gasteiger charge is -2.14. The Hall–Kier alpha value is -2.67. The number of amides is 2. The van der Waals surface area contributed by atoms with Crippen molar-refractivity contribution in [2.75, 3.05) is 13.7 Å². The van der Waals surface area contributed by atoms with E-state index in [0.717, 1.165) is 17.7 Å². The molecule has 162 valence electrons. The largest absolute Gasteiger partial charge is 0.493 e. The quantitative estimate of drug-likeness (QED) is 0.553. The minimum atomic E-state index is -0.421. The van der Waals surface area contributed by atoms with Gasteiger partial charge in [-0.3, -0.25) is 20.4 Å². The van der Waals surface area contributed by atoms with Gasteiger partial charge in [0.15, 0.2) is 11.5 Å². The van der Waals surface area contributed by atoms with Crippen molar-refractivity contribution in [3.8, 4) is 11.5 Å². The zero-order valence-electron chi connectivity index (χ0n) is 17.9. The van der Waals surface area contributed by atoms with E-state index in [1.54, 1.807) is 25.1 Å². The number of nitrogens with one attached hydrogen (secondary N) is 2. The zero-order chi connectivity index (χ0) is 21.9. The molecule has 2 aromatic carbocycles. The molecule has 2 amide bonds. The Morgan fingerprint density at radius 2 is 1.73 bits per heavy atom. The van der Waals surface area contributed by atoms with Crippen molar-refractivity contribution in [1.29, 1.82) is 0 Å². The first-order chi connectivity index (χ1) is 14.4. The molecule has 0 saturated heterocycles. The standard InChI is InChI=1S/C23H30N2O4S/c1-16(2)12-13-29-20-11-10-19(14-21(20)28-4)23(27)25-24-22(26)17(3)30-15-18-8-6-5-7-9-18/h5-11,14,16-17H,12-13,15H2,1-4H3,(H,24,26)(H,25,27). The molecule has 1 atom stereocenters. The molecule has 30 heavy (non-hydrogen) atoms. The first-order valence-electron chi connectivity index (χ1n) is 9.97. The Morgan fingerprint density at radius 3 is 2.40 bits per heavy atom. The van der Waals surface area contributed by atoms with E-state index in [2.05, 4.69) is 24.7 Å². The first-order valence-corrected chi connectivity index (χ1v) is 11.0. The van der Waals surface area contributed by atoms with Crippen LogP contribution in [0, 0.1) is 5.92 Å². The first kappa shape index (κ1) is 23.6. The summed E-state index contributed by atoms with van der Waals surface area (Å²) in [4.78, 5) is 24.7. The van der Waals surface area contributed by atoms with Crippen LogP contribution in [0.25, 0.3) is 0 Å². The summed E-state index contributed by atoms with van der Waals surface area (Å²) < 4.78 is 11.1. The number of benzene rings is 2. The molecule has 0 spiro atoms. The van der Waals surface area contributed by atoms with Crippen LogP contribution in [0.3, 0.4) is 0 Å². The predicted molar refractivity (Wildman–Crippen MR) is 121 cm³/mol. The van der Waals surface area contributed by atoms with E-state index in [4.69, 9.17) is 9.47 Å². The SMILES string of the molecule is COc1cc(C(=O)NNC(=O)C(C)SCc2ccccc2)ccc1OCCC(C)C. The number of carbonyl (C=O) groups is 2. The minimum absolute atomic E-state index is 0.259. The lowest BCUT2D eigenvalue weighted by molar-refractivity contribution is -0.121. The maximum atomic E-state index is 12.4. The maximum Gasteiger partial charge on any atom is 0.269 e. The van der Waals surface area contributed by atoms with Gasteiger partial charge in [-0.25, -0.2) is 0 Å². The van der Waals surface area contributed by atoms with Gasteiger partial charge in [0.25, 0.3) is 11.8 Å². The van der Waals surface area contributed by atoms with Gasteiger partial charge in [0, 0.05) is 11.3 Å². The number of hydrazine groups is 1. The van der Waals surface area contributed by atoms with Gasteiger partial charge in [0.2, 0.25) is 0 Å². The van der Waals surface area contributed by atoms with Crippen LogP contribution in [0.5, 0.6) is 11.5 Å². The van der Waals surface area contributed by atoms with Gasteiger partial charge < -0.3 is 9.47 Å². The summed E-state index contributed by atoms with van der Waals surface area (Å²) in [7, 11) is 1.53. The van der Waals surface area contributed by atoms with E-state index >= 15 is 0 Å². The molecule has 2 N–H and O–H groups in total. The molecular formula is C23H30N2O4S. The van der Waals surface area contributed by atoms with Gasteiger partial charge in [0.1, 0.15) is 0 Å². The molecule has 7 heteroatoms. The van der Waals surface area contributed by atoms with E-state index in [1.807, 2.05) is 30.3 Å². The summed E-state index contributed by atoms with van der Waals surface area (Å²) >= 11 is 1.50. The average Bonchev–Trinajstić information content (AvgIpc) is 2.76. The van der Waals surface area contributed by atoms with Crippen molar-refractivity contribution in [3.63, 3.8) is 0 Å². The molecule has 1 unspecified atom stereocenters. The van der Waals surface area contributed by atoms with Crippen LogP contribution in [0.1, 0.15) is 43.1 Å². The fourth-order valence-corrected chi connectivity index (χ4v) is 3.34. The second-order valence-corrected chi connectivity index (χ2v) is 8.61. The Morgan fingerprint density at radius 1 is 1.00 bits per heavy atom. The van der Waals surface area contributed by atoms with E-state index < -0.39 is 5.91 Å². The highest BCUT2D eigenvalue weighted by atomic mass is 32.2. The van der Waals surface area contributed by atoms with Gasteiger partial charge >= 0.3 is 0 Å². The van der Waals surface area contributed by atoms with Gasteiger partial charge in [-0.05, 0) is 43.0 Å². The minimum Gasteiger partial charge on any atom is -0.493 e. The summed E-state index contributed by atoms with van der Waals surface area (Å²) in [6.07, 6.45) is 0.928. The third-order valence-electron chi connectivity index (χ3n) is 4.39. The average molecular weight is 431 g/mol. The van der Waals surface area contributed by atoms with Crippen molar-refractivity contribution in [3.05, 3.63) is 59.7 Å². The van der Waals surface area contributed by atoms with Gasteiger partial charge in [0.05, 0.1) is 19.0 Å². The molecule has 0 aliphatic rings. The Balaban J connectivity index is 1.85. The van der Waals surface area contributed by atoms with Gasteiger partial charge in [-0.15, -0.1) is 11.8 Å². The lowest BCUT2D eigenvalue weighted by atomic mass is 10.1. The second-order valence-electron chi connectivity index (χ2n) is 7.28. The Labute approximate surface area is 182 Å². The van der Waals surface area contributed by atoms with E-state index in [0.29, 0.717) is 29.6 Å². The van der Waals surface area contributed by atoms with Crippen molar-refractivity contribution in [2.45, 2.75) is 38.2 Å². The van der Waals surface area contributed by atoms with Crippen LogP contribution < -0.4 is 20.3 Å². The van der Waals surface area contributed by atoms with E-state index in [-0.39, 0.29) is 11.2 Å². The number of thioether (sulfide) groups is 1. The smallest absolute Gasteiger partial charge is 0.269 e. The molecule has 0 aromatic heterocycles. The van der Waals surface area contributed by atoms with Crippen molar-refractivity contribution in [2.24, 2.45) is 5.92 Å². The third kappa shape index (κ3) is 7.63. The molecular weight excluding hydrogens is 400 g/mol. The fourth-order valence-electron chi connectivity index (χ4n) is 2.50. The molecule has 0 heterocycles. The number of hydrogen-bond acceptors (Lipinski definition) is 5. The molecule has 0 radical (unpaired) electrons. The summed E-state index contributed by atoms with van der Waals surface area (Å²) in [5, 5.41) is -0.309. The van der Waals surface area contributed by atoms with Crippen molar-refractivity contribution in [1.82, 2.24) is 10.9 Å². The lowest BCUT2D eigenvalue weighted by Crippen LogP contribution is -2.44. The third-order valence-corrected chi connectivity index (χ3v) is 5.60. The fraction of sp³-hybridized carbons (Fsp3) is 0.391. The molecule has 0 fully saturated rings. The van der Waals surface area contributed by atoms with Crippen LogP contribution in [0.2, 0.25) is 0 Å². The Bertz CT molecular complexity index is 827. The zero-order valence-corrected chi connectivity index (χ0v) is 18.8. The highest BCUT2D eigenvalue weighted by molar-refractivity contribution is 7.99. The second kappa shape index (κ2) is 12.1. The topological polar surface area (TPSA) is 76.7 Å². The number of rotatable bonds is 10. The van der Waals surface area contributed by atoms with E-state index in [1.165, 1.54) is 18.9 Å². The number of hydrogen-bond donors (Lipinski definition) is 2. The molecule has 0 saturated carbocycles. The Kier molecular flexibility index (Phi) is 9.54. The van der Waals surface area contributed by atoms with Crippen molar-refractivity contribution >= 4 is 23.6 Å². The van der Waals surface area contributed by atoms with Crippen LogP contribution in [-0.2, 0) is 10.5 Å². The molecule has 0 bridgehead atoms.